The van der Waals surface area contributed by atoms with Crippen molar-refractivity contribution in [1.29, 1.82) is 0 Å². The van der Waals surface area contributed by atoms with Crippen LogP contribution >= 0.6 is 0 Å². The van der Waals surface area contributed by atoms with Crippen LogP contribution in [0.25, 0.3) is 0 Å². The summed E-state index contributed by atoms with van der Waals surface area (Å²) in [6, 6.07) is 6.53. The first-order valence-electron chi connectivity index (χ1n) is 6.23. The van der Waals surface area contributed by atoms with Gasteiger partial charge in [-0.3, -0.25) is 0 Å². The van der Waals surface area contributed by atoms with Gasteiger partial charge < -0.3 is 0 Å². The zero-order chi connectivity index (χ0) is 13.2. The molecule has 0 heteroatoms. The van der Waals surface area contributed by atoms with Crippen molar-refractivity contribution in [1.82, 2.24) is 0 Å². The van der Waals surface area contributed by atoms with Crippen molar-refractivity contribution >= 4 is 0 Å². The van der Waals surface area contributed by atoms with Crippen LogP contribution in [0.5, 0.6) is 0 Å². The normalized spacial score (nSPS) is 9.17. The molecule has 0 N–H and O–H groups in total. The van der Waals surface area contributed by atoms with Gasteiger partial charge in [-0.25, -0.2) is 0 Å². The van der Waals surface area contributed by atoms with Crippen LogP contribution in [-0.2, 0) is 19.3 Å². The first-order valence-corrected chi connectivity index (χ1v) is 6.23. The summed E-state index contributed by atoms with van der Waals surface area (Å²) in [5.41, 5.74) is 3.91. The van der Waals surface area contributed by atoms with Crippen LogP contribution in [0.3, 0.4) is 0 Å². The Kier molecular flexibility index (Phi) is 6.25. The fraction of sp³-hybridized carbons (Fsp3) is 0.333. The van der Waals surface area contributed by atoms with Gasteiger partial charge in [-0.2, -0.15) is 0 Å². The summed E-state index contributed by atoms with van der Waals surface area (Å²) in [4.78, 5) is 0. The van der Waals surface area contributed by atoms with Gasteiger partial charge in [-0.05, 0) is 36.0 Å². The molecule has 0 saturated carbocycles. The van der Waals surface area contributed by atoms with E-state index >= 15 is 0 Å². The van der Waals surface area contributed by atoms with E-state index in [0.29, 0.717) is 0 Å². The van der Waals surface area contributed by atoms with Crippen LogP contribution in [0.1, 0.15) is 36.0 Å². The summed E-state index contributed by atoms with van der Waals surface area (Å²) in [6.45, 7) is 0. The van der Waals surface area contributed by atoms with Crippen molar-refractivity contribution in [3.05, 3.63) is 34.9 Å². The van der Waals surface area contributed by atoms with Gasteiger partial charge in [-0.15, -0.1) is 37.0 Å². The second-order valence-corrected chi connectivity index (χ2v) is 4.22. The van der Waals surface area contributed by atoms with Crippen molar-refractivity contribution in [2.45, 2.75) is 38.5 Å². The van der Waals surface area contributed by atoms with E-state index in [1.165, 1.54) is 16.7 Å². The first kappa shape index (κ1) is 14.0. The molecule has 18 heavy (non-hydrogen) atoms. The average molecular weight is 234 g/mol. The van der Waals surface area contributed by atoms with Crippen LogP contribution in [0.2, 0.25) is 0 Å². The second kappa shape index (κ2) is 8.06. The highest BCUT2D eigenvalue weighted by atomic mass is 14.1. The minimum absolute atomic E-state index is 0.766. The van der Waals surface area contributed by atoms with Gasteiger partial charge in [-0.1, -0.05) is 18.2 Å². The lowest BCUT2D eigenvalue weighted by Crippen LogP contribution is -1.97. The number of terminal acetylenes is 3. The lowest BCUT2D eigenvalue weighted by molar-refractivity contribution is 0.932. The summed E-state index contributed by atoms with van der Waals surface area (Å²) in [7, 11) is 0. The van der Waals surface area contributed by atoms with E-state index in [1.807, 2.05) is 0 Å². The first-order chi connectivity index (χ1) is 8.81. The molecule has 0 spiro atoms. The Morgan fingerprint density at radius 2 is 1.28 bits per heavy atom. The minimum Gasteiger partial charge on any atom is -0.120 e. The molecule has 0 aromatic heterocycles. The number of aryl methyl sites for hydroxylation is 3. The number of hydrogen-bond acceptors (Lipinski definition) is 0. The quantitative estimate of drug-likeness (QED) is 0.662. The van der Waals surface area contributed by atoms with Gasteiger partial charge in [0, 0.05) is 19.3 Å². The minimum atomic E-state index is 0.766. The molecule has 90 valence electrons. The van der Waals surface area contributed by atoms with Gasteiger partial charge in [0.25, 0.3) is 0 Å². The summed E-state index contributed by atoms with van der Waals surface area (Å²) in [5.74, 6) is 8.04. The van der Waals surface area contributed by atoms with Crippen molar-refractivity contribution in [2.24, 2.45) is 0 Å². The van der Waals surface area contributed by atoms with E-state index in [0.717, 1.165) is 38.5 Å². The van der Waals surface area contributed by atoms with E-state index in [-0.39, 0.29) is 0 Å². The zero-order valence-corrected chi connectivity index (χ0v) is 10.7. The third-order valence-corrected chi connectivity index (χ3v) is 2.91. The molecule has 0 unspecified atom stereocenters. The molecule has 0 nitrogen and oxygen atoms in total. The second-order valence-electron chi connectivity index (χ2n) is 4.22. The van der Waals surface area contributed by atoms with E-state index in [1.54, 1.807) is 0 Å². The smallest absolute Gasteiger partial charge is 0.0127 e. The molecule has 0 saturated heterocycles. The molecular weight excluding hydrogens is 216 g/mol. The molecule has 0 radical (unpaired) electrons. The van der Waals surface area contributed by atoms with Gasteiger partial charge in [0.1, 0.15) is 0 Å². The van der Waals surface area contributed by atoms with Crippen molar-refractivity contribution < 1.29 is 0 Å². The monoisotopic (exact) mass is 234 g/mol. The van der Waals surface area contributed by atoms with E-state index < -0.39 is 0 Å². The molecule has 1 rings (SSSR count). The Labute approximate surface area is 111 Å². The largest absolute Gasteiger partial charge is 0.120 e. The number of rotatable bonds is 6. The van der Waals surface area contributed by atoms with Crippen molar-refractivity contribution in [3.8, 4) is 37.0 Å². The zero-order valence-electron chi connectivity index (χ0n) is 10.7. The Hall–Kier alpha value is -2.10. The molecule has 0 atom stereocenters. The fourth-order valence-electron chi connectivity index (χ4n) is 1.94. The third-order valence-electron chi connectivity index (χ3n) is 2.91. The molecule has 1 aromatic carbocycles. The predicted octanol–water partition coefficient (Wildman–Crippen LogP) is 3.38. The number of benzene rings is 1. The lowest BCUT2D eigenvalue weighted by Gasteiger charge is -2.10. The van der Waals surface area contributed by atoms with Crippen molar-refractivity contribution in [2.75, 3.05) is 0 Å². The molecule has 0 fully saturated rings. The van der Waals surface area contributed by atoms with E-state index in [9.17, 15) is 0 Å². The average Bonchev–Trinajstić information content (AvgIpc) is 2.41. The van der Waals surface area contributed by atoms with Crippen LogP contribution in [0.4, 0.5) is 0 Å². The molecule has 0 aliphatic heterocycles. The molecule has 0 bridgehead atoms. The highest BCUT2D eigenvalue weighted by Crippen LogP contribution is 2.17. The molecule has 1 aromatic rings. The van der Waals surface area contributed by atoms with E-state index in [2.05, 4.69) is 36.0 Å². The predicted molar refractivity (Wildman–Crippen MR) is 77.9 cm³/mol. The van der Waals surface area contributed by atoms with Gasteiger partial charge in [0.05, 0.1) is 0 Å². The highest BCUT2D eigenvalue weighted by molar-refractivity contribution is 5.33. The Bertz CT molecular complexity index is 500. The Balaban J connectivity index is 2.87. The third kappa shape index (κ3) is 4.41. The highest BCUT2D eigenvalue weighted by Gasteiger charge is 2.03. The van der Waals surface area contributed by atoms with Crippen LogP contribution in [0, 0.1) is 37.0 Å². The molecular formula is C18H18. The molecule has 0 aliphatic carbocycles. The topological polar surface area (TPSA) is 0 Å². The molecule has 0 amide bonds. The molecule has 0 aliphatic rings. The SMILES string of the molecule is C#CCCc1ccc(CCC#C)c(CCC#C)c1. The van der Waals surface area contributed by atoms with Gasteiger partial charge in [0.2, 0.25) is 0 Å². The van der Waals surface area contributed by atoms with Crippen molar-refractivity contribution in [3.63, 3.8) is 0 Å². The maximum absolute atomic E-state index is 5.34. The van der Waals surface area contributed by atoms with Crippen LogP contribution < -0.4 is 0 Å². The standard InChI is InChI=1S/C18H18/c1-4-7-10-16-13-14-17(11-8-5-2)18(15-16)12-9-6-3/h1-3,13-15H,7-12H2. The summed E-state index contributed by atoms with van der Waals surface area (Å²) in [5, 5.41) is 0. The molecule has 0 heterocycles. The summed E-state index contributed by atoms with van der Waals surface area (Å²) < 4.78 is 0. The maximum Gasteiger partial charge on any atom is 0.0127 e. The maximum atomic E-state index is 5.34. The Morgan fingerprint density at radius 3 is 1.89 bits per heavy atom. The van der Waals surface area contributed by atoms with Gasteiger partial charge in [0.15, 0.2) is 0 Å². The Morgan fingerprint density at radius 1 is 0.722 bits per heavy atom. The summed E-state index contributed by atoms with van der Waals surface area (Å²) in [6.07, 6.45) is 21.0. The van der Waals surface area contributed by atoms with Crippen LogP contribution in [-0.4, -0.2) is 0 Å². The van der Waals surface area contributed by atoms with E-state index in [4.69, 9.17) is 19.3 Å². The lowest BCUT2D eigenvalue weighted by atomic mass is 9.95. The fourth-order valence-corrected chi connectivity index (χ4v) is 1.94. The van der Waals surface area contributed by atoms with Gasteiger partial charge >= 0.3 is 0 Å². The van der Waals surface area contributed by atoms with Crippen LogP contribution in [0.15, 0.2) is 18.2 Å². The summed E-state index contributed by atoms with van der Waals surface area (Å²) >= 11 is 0. The number of hydrogen-bond donors (Lipinski definition) is 0.